The highest BCUT2D eigenvalue weighted by atomic mass is 32.2. The molecular weight excluding hydrogens is 372 g/mol. The van der Waals surface area contributed by atoms with Crippen molar-refractivity contribution >= 4 is 23.4 Å². The Balaban J connectivity index is 1.55. The van der Waals surface area contributed by atoms with Crippen LogP contribution in [0.25, 0.3) is 0 Å². The van der Waals surface area contributed by atoms with E-state index in [1.54, 1.807) is 0 Å². The van der Waals surface area contributed by atoms with Gasteiger partial charge in [-0.3, -0.25) is 4.79 Å². The Morgan fingerprint density at radius 1 is 1.14 bits per heavy atom. The Bertz CT molecular complexity index is 955. The number of carbonyl (C=O) groups is 1. The molecule has 3 aromatic rings. The van der Waals surface area contributed by atoms with Crippen molar-refractivity contribution in [3.05, 3.63) is 65.5 Å². The number of thioether (sulfide) groups is 1. The number of hydrogen-bond donors (Lipinski definition) is 1. The van der Waals surface area contributed by atoms with Crippen LogP contribution < -0.4 is 10.1 Å². The fourth-order valence-corrected chi connectivity index (χ4v) is 3.45. The molecule has 0 saturated carbocycles. The number of nitrogens with one attached hydrogen (secondary N) is 1. The van der Waals surface area contributed by atoms with Gasteiger partial charge in [0, 0.05) is 12.7 Å². The van der Waals surface area contributed by atoms with Crippen LogP contribution in [0.15, 0.2) is 53.7 Å². The summed E-state index contributed by atoms with van der Waals surface area (Å²) in [6, 6.07) is 15.7. The monoisotopic (exact) mass is 396 g/mol. The maximum Gasteiger partial charge on any atom is 0.234 e. The number of hydrogen-bond acceptors (Lipinski definition) is 5. The van der Waals surface area contributed by atoms with Gasteiger partial charge >= 0.3 is 0 Å². The van der Waals surface area contributed by atoms with Crippen molar-refractivity contribution in [2.24, 2.45) is 7.05 Å². The zero-order chi connectivity index (χ0) is 19.9. The van der Waals surface area contributed by atoms with Crippen LogP contribution in [0.5, 0.6) is 5.75 Å². The van der Waals surface area contributed by atoms with Crippen LogP contribution in [0, 0.1) is 6.92 Å². The minimum atomic E-state index is -0.0633. The van der Waals surface area contributed by atoms with E-state index in [0.717, 1.165) is 29.0 Å². The van der Waals surface area contributed by atoms with Gasteiger partial charge in [0.15, 0.2) is 11.0 Å². The Morgan fingerprint density at radius 3 is 2.68 bits per heavy atom. The molecule has 1 N–H and O–H groups in total. The van der Waals surface area contributed by atoms with Crippen molar-refractivity contribution in [2.75, 3.05) is 11.1 Å². The summed E-state index contributed by atoms with van der Waals surface area (Å²) in [4.78, 5) is 12.3. The van der Waals surface area contributed by atoms with E-state index in [1.807, 2.05) is 67.1 Å². The summed E-state index contributed by atoms with van der Waals surface area (Å²) in [6.07, 6.45) is 0.872. The number of rotatable bonds is 8. The van der Waals surface area contributed by atoms with Crippen molar-refractivity contribution in [3.8, 4) is 5.75 Å². The predicted molar refractivity (Wildman–Crippen MR) is 112 cm³/mol. The van der Waals surface area contributed by atoms with Crippen molar-refractivity contribution < 1.29 is 9.53 Å². The molecule has 0 bridgehead atoms. The van der Waals surface area contributed by atoms with Crippen LogP contribution >= 0.6 is 11.8 Å². The summed E-state index contributed by atoms with van der Waals surface area (Å²) in [7, 11) is 1.88. The van der Waals surface area contributed by atoms with Crippen molar-refractivity contribution in [1.82, 2.24) is 14.8 Å². The Labute approximate surface area is 169 Å². The molecule has 0 saturated heterocycles. The lowest BCUT2D eigenvalue weighted by Gasteiger charge is -2.10. The second-order valence-corrected chi connectivity index (χ2v) is 7.30. The van der Waals surface area contributed by atoms with Crippen LogP contribution in [-0.2, 0) is 24.9 Å². The maximum absolute atomic E-state index is 12.3. The lowest BCUT2D eigenvalue weighted by atomic mass is 10.1. The quantitative estimate of drug-likeness (QED) is 0.583. The Hall–Kier alpha value is -2.80. The fourth-order valence-electron chi connectivity index (χ4n) is 2.72. The average Bonchev–Trinajstić information content (AvgIpc) is 3.06. The number of carbonyl (C=O) groups excluding carboxylic acids is 1. The molecule has 6 nitrogen and oxygen atoms in total. The van der Waals surface area contributed by atoms with E-state index in [1.165, 1.54) is 11.8 Å². The SMILES string of the molecule is CCc1ccccc1NC(=O)CSc1nnc(COc2ccccc2C)n1C. The highest BCUT2D eigenvalue weighted by Crippen LogP contribution is 2.21. The molecule has 1 heterocycles. The van der Waals surface area contributed by atoms with Crippen molar-refractivity contribution in [2.45, 2.75) is 32.0 Å². The fraction of sp³-hybridized carbons (Fsp3) is 0.286. The first-order chi connectivity index (χ1) is 13.6. The van der Waals surface area contributed by atoms with E-state index in [0.29, 0.717) is 17.6 Å². The molecule has 2 aromatic carbocycles. The first-order valence-corrected chi connectivity index (χ1v) is 10.1. The summed E-state index contributed by atoms with van der Waals surface area (Å²) in [6.45, 7) is 4.40. The molecule has 0 unspecified atom stereocenters. The molecule has 7 heteroatoms. The second-order valence-electron chi connectivity index (χ2n) is 6.36. The van der Waals surface area contributed by atoms with Crippen LogP contribution in [0.2, 0.25) is 0 Å². The molecule has 3 rings (SSSR count). The molecule has 0 aliphatic heterocycles. The van der Waals surface area contributed by atoms with Gasteiger partial charge in [0.25, 0.3) is 0 Å². The molecule has 28 heavy (non-hydrogen) atoms. The van der Waals surface area contributed by atoms with E-state index >= 15 is 0 Å². The molecule has 0 spiro atoms. The topological polar surface area (TPSA) is 69.0 Å². The zero-order valence-corrected chi connectivity index (χ0v) is 17.1. The highest BCUT2D eigenvalue weighted by molar-refractivity contribution is 7.99. The van der Waals surface area contributed by atoms with E-state index in [-0.39, 0.29) is 11.7 Å². The predicted octanol–water partition coefficient (Wildman–Crippen LogP) is 4.00. The third kappa shape index (κ3) is 4.92. The molecular formula is C21H24N4O2S. The van der Waals surface area contributed by atoms with E-state index in [2.05, 4.69) is 22.4 Å². The van der Waals surface area contributed by atoms with Crippen LogP contribution in [0.4, 0.5) is 5.69 Å². The van der Waals surface area contributed by atoms with Crippen LogP contribution in [0.3, 0.4) is 0 Å². The summed E-state index contributed by atoms with van der Waals surface area (Å²) in [5, 5.41) is 12.0. The number of ether oxygens (including phenoxy) is 1. The maximum atomic E-state index is 12.3. The van der Waals surface area contributed by atoms with Gasteiger partial charge in [0.2, 0.25) is 5.91 Å². The normalized spacial score (nSPS) is 10.7. The number of amides is 1. The largest absolute Gasteiger partial charge is 0.485 e. The second kappa shape index (κ2) is 9.41. The van der Waals surface area contributed by atoms with Gasteiger partial charge in [0.1, 0.15) is 12.4 Å². The molecule has 1 aromatic heterocycles. The number of aromatic nitrogens is 3. The number of benzene rings is 2. The molecule has 0 fully saturated rings. The summed E-state index contributed by atoms with van der Waals surface area (Å²) in [5.74, 6) is 1.74. The molecule has 0 radical (unpaired) electrons. The molecule has 0 aliphatic rings. The number of aryl methyl sites for hydroxylation is 2. The number of anilines is 1. The van der Waals surface area contributed by atoms with E-state index in [9.17, 15) is 4.79 Å². The highest BCUT2D eigenvalue weighted by Gasteiger charge is 2.13. The molecule has 1 amide bonds. The average molecular weight is 397 g/mol. The molecule has 146 valence electrons. The lowest BCUT2D eigenvalue weighted by molar-refractivity contribution is -0.113. The standard InChI is InChI=1S/C21H24N4O2S/c1-4-16-10-6-7-11-17(16)22-20(26)14-28-21-24-23-19(25(21)3)13-27-18-12-8-5-9-15(18)2/h5-12H,4,13-14H2,1-3H3,(H,22,26). The molecule has 0 atom stereocenters. The lowest BCUT2D eigenvalue weighted by Crippen LogP contribution is -2.15. The van der Waals surface area contributed by atoms with Gasteiger partial charge < -0.3 is 14.6 Å². The van der Waals surface area contributed by atoms with E-state index in [4.69, 9.17) is 4.74 Å². The summed E-state index contributed by atoms with van der Waals surface area (Å²) in [5.41, 5.74) is 3.05. The third-order valence-electron chi connectivity index (χ3n) is 4.38. The van der Waals surface area contributed by atoms with E-state index < -0.39 is 0 Å². The minimum absolute atomic E-state index is 0.0633. The first kappa shape index (κ1) is 19.9. The van der Waals surface area contributed by atoms with Gasteiger partial charge in [-0.05, 0) is 36.6 Å². The van der Waals surface area contributed by atoms with Gasteiger partial charge in [-0.2, -0.15) is 0 Å². The Morgan fingerprint density at radius 2 is 1.89 bits per heavy atom. The number of nitrogens with zero attached hydrogens (tertiary/aromatic N) is 3. The van der Waals surface area contributed by atoms with Gasteiger partial charge in [-0.25, -0.2) is 0 Å². The van der Waals surface area contributed by atoms with Crippen molar-refractivity contribution in [1.29, 1.82) is 0 Å². The zero-order valence-electron chi connectivity index (χ0n) is 16.3. The summed E-state index contributed by atoms with van der Waals surface area (Å²) >= 11 is 1.36. The summed E-state index contributed by atoms with van der Waals surface area (Å²) < 4.78 is 7.69. The smallest absolute Gasteiger partial charge is 0.234 e. The van der Waals surface area contributed by atoms with Crippen LogP contribution in [-0.4, -0.2) is 26.4 Å². The van der Waals surface area contributed by atoms with Gasteiger partial charge in [-0.15, -0.1) is 10.2 Å². The molecule has 0 aliphatic carbocycles. The number of para-hydroxylation sites is 2. The van der Waals surface area contributed by atoms with Gasteiger partial charge in [0.05, 0.1) is 5.75 Å². The van der Waals surface area contributed by atoms with Gasteiger partial charge in [-0.1, -0.05) is 55.1 Å². The Kier molecular flexibility index (Phi) is 6.71. The van der Waals surface area contributed by atoms with Crippen molar-refractivity contribution in [3.63, 3.8) is 0 Å². The minimum Gasteiger partial charge on any atom is -0.485 e. The third-order valence-corrected chi connectivity index (χ3v) is 5.40. The van der Waals surface area contributed by atoms with Crippen LogP contribution in [0.1, 0.15) is 23.9 Å². The first-order valence-electron chi connectivity index (χ1n) is 9.15.